The summed E-state index contributed by atoms with van der Waals surface area (Å²) in [6.45, 7) is 3.92. The zero-order valence-corrected chi connectivity index (χ0v) is 13.3. The molecule has 2 atom stereocenters. The van der Waals surface area contributed by atoms with E-state index in [9.17, 15) is 9.59 Å². The molecule has 0 N–H and O–H groups in total. The fraction of sp³-hybridized carbons (Fsp3) is 0.500. The molecule has 4 nitrogen and oxygen atoms in total. The zero-order valence-electron chi connectivity index (χ0n) is 12.5. The lowest BCUT2D eigenvalue weighted by atomic mass is 9.97. The number of amides is 1. The van der Waals surface area contributed by atoms with Gasteiger partial charge in [-0.05, 0) is 50.6 Å². The van der Waals surface area contributed by atoms with Gasteiger partial charge in [0.1, 0.15) is 0 Å². The summed E-state index contributed by atoms with van der Waals surface area (Å²) in [6, 6.07) is 4.28. The van der Waals surface area contributed by atoms with Gasteiger partial charge in [-0.2, -0.15) is 0 Å². The Kier molecular flexibility index (Phi) is 5.56. The van der Waals surface area contributed by atoms with Crippen LogP contribution in [0.3, 0.4) is 0 Å². The minimum Gasteiger partial charge on any atom is -0.452 e. The summed E-state index contributed by atoms with van der Waals surface area (Å²) in [6.07, 6.45) is 6.24. The van der Waals surface area contributed by atoms with E-state index >= 15 is 0 Å². The first-order valence-electron chi connectivity index (χ1n) is 7.27. The third-order valence-corrected chi connectivity index (χ3v) is 4.58. The van der Waals surface area contributed by atoms with E-state index in [2.05, 4.69) is 0 Å². The summed E-state index contributed by atoms with van der Waals surface area (Å²) in [5, 5.41) is 1.94. The van der Waals surface area contributed by atoms with Crippen LogP contribution in [0.5, 0.6) is 0 Å². The summed E-state index contributed by atoms with van der Waals surface area (Å²) in [5.74, 6) is -0.582. The Labute approximate surface area is 129 Å². The molecule has 1 fully saturated rings. The molecule has 2 heterocycles. The maximum absolute atomic E-state index is 12.2. The molecule has 0 spiro atoms. The molecule has 21 heavy (non-hydrogen) atoms. The van der Waals surface area contributed by atoms with Crippen molar-refractivity contribution in [2.45, 2.75) is 45.2 Å². The highest BCUT2D eigenvalue weighted by atomic mass is 32.1. The largest absolute Gasteiger partial charge is 0.452 e. The molecule has 114 valence electrons. The van der Waals surface area contributed by atoms with E-state index in [1.165, 1.54) is 6.08 Å². The fourth-order valence-electron chi connectivity index (χ4n) is 2.70. The van der Waals surface area contributed by atoms with Gasteiger partial charge >= 0.3 is 5.97 Å². The second-order valence-electron chi connectivity index (χ2n) is 5.39. The highest BCUT2D eigenvalue weighted by Gasteiger charge is 2.29. The van der Waals surface area contributed by atoms with E-state index in [1.807, 2.05) is 36.3 Å². The number of carbonyl (C=O) groups excluding carboxylic acids is 2. The molecular formula is C16H21NO3S. The monoisotopic (exact) mass is 307 g/mol. The fourth-order valence-corrected chi connectivity index (χ4v) is 3.32. The molecule has 1 aromatic heterocycles. The van der Waals surface area contributed by atoms with Gasteiger partial charge in [-0.3, -0.25) is 4.79 Å². The van der Waals surface area contributed by atoms with E-state index in [-0.39, 0.29) is 24.6 Å². The number of piperidine rings is 1. The van der Waals surface area contributed by atoms with Crippen molar-refractivity contribution < 1.29 is 14.3 Å². The SMILES string of the molecule is C[C@H]1CCC[C@H](C)N1C(=O)COC(=O)/C=C/c1cccs1. The molecule has 1 aromatic rings. The number of nitrogens with zero attached hydrogens (tertiary/aromatic N) is 1. The van der Waals surface area contributed by atoms with Crippen molar-refractivity contribution >= 4 is 29.3 Å². The molecule has 0 radical (unpaired) electrons. The number of hydrogen-bond acceptors (Lipinski definition) is 4. The summed E-state index contributed by atoms with van der Waals surface area (Å²) < 4.78 is 5.04. The predicted octanol–water partition coefficient (Wildman–Crippen LogP) is 3.09. The first kappa shape index (κ1) is 15.8. The first-order valence-corrected chi connectivity index (χ1v) is 8.15. The average molecular weight is 307 g/mol. The maximum Gasteiger partial charge on any atom is 0.331 e. The third kappa shape index (κ3) is 4.43. The second-order valence-corrected chi connectivity index (χ2v) is 6.37. The first-order chi connectivity index (χ1) is 10.1. The van der Waals surface area contributed by atoms with E-state index in [0.717, 1.165) is 24.1 Å². The number of ether oxygens (including phenoxy) is 1. The predicted molar refractivity (Wildman–Crippen MR) is 83.9 cm³/mol. The van der Waals surface area contributed by atoms with Crippen LogP contribution in [-0.4, -0.2) is 35.5 Å². The van der Waals surface area contributed by atoms with Crippen molar-refractivity contribution in [2.24, 2.45) is 0 Å². The Morgan fingerprint density at radius 3 is 2.71 bits per heavy atom. The second kappa shape index (κ2) is 7.41. The van der Waals surface area contributed by atoms with Crippen LogP contribution < -0.4 is 0 Å². The number of hydrogen-bond donors (Lipinski definition) is 0. The molecule has 1 aliphatic rings. The van der Waals surface area contributed by atoms with Crippen LogP contribution in [0.4, 0.5) is 0 Å². The van der Waals surface area contributed by atoms with Crippen LogP contribution in [0.15, 0.2) is 23.6 Å². The van der Waals surface area contributed by atoms with Gasteiger partial charge < -0.3 is 9.64 Å². The van der Waals surface area contributed by atoms with Gasteiger partial charge in [-0.1, -0.05) is 6.07 Å². The van der Waals surface area contributed by atoms with Crippen molar-refractivity contribution in [3.63, 3.8) is 0 Å². The molecular weight excluding hydrogens is 286 g/mol. The normalized spacial score (nSPS) is 22.5. The molecule has 0 unspecified atom stereocenters. The molecule has 0 aromatic carbocycles. The van der Waals surface area contributed by atoms with E-state index in [4.69, 9.17) is 4.74 Å². The molecule has 2 rings (SSSR count). The number of carbonyl (C=O) groups is 2. The van der Waals surface area contributed by atoms with Crippen molar-refractivity contribution in [1.82, 2.24) is 4.90 Å². The number of esters is 1. The Bertz CT molecular complexity index is 500. The molecule has 0 bridgehead atoms. The smallest absolute Gasteiger partial charge is 0.331 e. The lowest BCUT2D eigenvalue weighted by Gasteiger charge is -2.38. The van der Waals surface area contributed by atoms with Gasteiger partial charge in [-0.15, -0.1) is 11.3 Å². The van der Waals surface area contributed by atoms with E-state index in [1.54, 1.807) is 17.4 Å². The molecule has 1 aliphatic heterocycles. The number of rotatable bonds is 4. The van der Waals surface area contributed by atoms with Crippen LogP contribution in [-0.2, 0) is 14.3 Å². The molecule has 5 heteroatoms. The number of likely N-dealkylation sites (tertiary alicyclic amines) is 1. The standard InChI is InChI=1S/C16H21NO3S/c1-12-5-3-6-13(2)17(12)15(18)11-20-16(19)9-8-14-7-4-10-21-14/h4,7-10,12-13H,3,5-6,11H2,1-2H3/b9-8+/t12-,13-/m0/s1. The minimum atomic E-state index is -0.478. The van der Waals surface area contributed by atoms with Gasteiger partial charge in [-0.25, -0.2) is 4.79 Å². The van der Waals surface area contributed by atoms with Crippen molar-refractivity contribution in [2.75, 3.05) is 6.61 Å². The molecule has 1 saturated heterocycles. The summed E-state index contributed by atoms with van der Waals surface area (Å²) in [4.78, 5) is 26.6. The van der Waals surface area contributed by atoms with Crippen molar-refractivity contribution in [3.05, 3.63) is 28.5 Å². The van der Waals surface area contributed by atoms with Gasteiger partial charge in [0.05, 0.1) is 0 Å². The molecule has 0 aliphatic carbocycles. The topological polar surface area (TPSA) is 46.6 Å². The maximum atomic E-state index is 12.2. The Balaban J connectivity index is 1.81. The van der Waals surface area contributed by atoms with Crippen molar-refractivity contribution in [3.8, 4) is 0 Å². The highest BCUT2D eigenvalue weighted by molar-refractivity contribution is 7.10. The Hall–Kier alpha value is -1.62. The van der Waals surface area contributed by atoms with Gasteiger partial charge in [0.2, 0.25) is 0 Å². The average Bonchev–Trinajstić information content (AvgIpc) is 2.96. The van der Waals surface area contributed by atoms with Gasteiger partial charge in [0.25, 0.3) is 5.91 Å². The Morgan fingerprint density at radius 2 is 2.10 bits per heavy atom. The van der Waals surface area contributed by atoms with E-state index < -0.39 is 5.97 Å². The van der Waals surface area contributed by atoms with Crippen LogP contribution in [0.1, 0.15) is 38.0 Å². The summed E-state index contributed by atoms with van der Waals surface area (Å²) in [7, 11) is 0. The minimum absolute atomic E-state index is 0.104. The lowest BCUT2D eigenvalue weighted by molar-refractivity contribution is -0.151. The van der Waals surface area contributed by atoms with Crippen LogP contribution in [0, 0.1) is 0 Å². The molecule has 1 amide bonds. The number of thiophene rings is 1. The van der Waals surface area contributed by atoms with Crippen LogP contribution in [0.25, 0.3) is 6.08 Å². The van der Waals surface area contributed by atoms with E-state index in [0.29, 0.717) is 0 Å². The highest BCUT2D eigenvalue weighted by Crippen LogP contribution is 2.22. The van der Waals surface area contributed by atoms with Crippen LogP contribution >= 0.6 is 11.3 Å². The van der Waals surface area contributed by atoms with Crippen LogP contribution in [0.2, 0.25) is 0 Å². The summed E-state index contributed by atoms with van der Waals surface area (Å²) >= 11 is 1.54. The molecule has 0 saturated carbocycles. The van der Waals surface area contributed by atoms with Gasteiger partial charge in [0, 0.05) is 23.0 Å². The Morgan fingerprint density at radius 1 is 1.38 bits per heavy atom. The lowest BCUT2D eigenvalue weighted by Crippen LogP contribution is -2.49. The van der Waals surface area contributed by atoms with Gasteiger partial charge in [0.15, 0.2) is 6.61 Å². The quantitative estimate of drug-likeness (QED) is 0.634. The zero-order chi connectivity index (χ0) is 15.2. The summed E-state index contributed by atoms with van der Waals surface area (Å²) in [5.41, 5.74) is 0. The van der Waals surface area contributed by atoms with Crippen molar-refractivity contribution in [1.29, 1.82) is 0 Å². The third-order valence-electron chi connectivity index (χ3n) is 3.75.